The van der Waals surface area contributed by atoms with E-state index in [1.165, 1.54) is 11.1 Å². The number of nitrogens with one attached hydrogen (secondary N) is 1. The van der Waals surface area contributed by atoms with Crippen molar-refractivity contribution in [2.45, 2.75) is 58.9 Å². The maximum atomic E-state index is 6.01. The van der Waals surface area contributed by atoms with Crippen LogP contribution in [0, 0.1) is 6.92 Å². The summed E-state index contributed by atoms with van der Waals surface area (Å²) >= 11 is 0. The second-order valence-corrected chi connectivity index (χ2v) is 6.43. The Hall–Kier alpha value is -1.02. The summed E-state index contributed by atoms with van der Waals surface area (Å²) in [5.41, 5.74) is 2.67. The third-order valence-electron chi connectivity index (χ3n) is 3.48. The van der Waals surface area contributed by atoms with Crippen molar-refractivity contribution in [1.82, 2.24) is 5.32 Å². The Morgan fingerprint density at radius 1 is 1.26 bits per heavy atom. The largest absolute Gasteiger partial charge is 0.493 e. The van der Waals surface area contributed by atoms with Crippen LogP contribution in [-0.4, -0.2) is 19.7 Å². The van der Waals surface area contributed by atoms with Crippen LogP contribution >= 0.6 is 0 Å². The standard InChI is InChI=1S/C17H29NO/c1-13-9-10-15(17(3,4)5)16(12-13)19-11-7-8-14(2)18-6/h9-10,12,14,18H,7-8,11H2,1-6H3. The summed E-state index contributed by atoms with van der Waals surface area (Å²) in [7, 11) is 2.00. The van der Waals surface area contributed by atoms with Gasteiger partial charge in [0.2, 0.25) is 0 Å². The van der Waals surface area contributed by atoms with E-state index in [-0.39, 0.29) is 5.41 Å². The fourth-order valence-corrected chi connectivity index (χ4v) is 2.08. The fourth-order valence-electron chi connectivity index (χ4n) is 2.08. The van der Waals surface area contributed by atoms with Crippen LogP contribution in [0.1, 0.15) is 51.7 Å². The van der Waals surface area contributed by atoms with Crippen LogP contribution in [0.15, 0.2) is 18.2 Å². The van der Waals surface area contributed by atoms with E-state index in [0.29, 0.717) is 6.04 Å². The Morgan fingerprint density at radius 2 is 1.95 bits per heavy atom. The van der Waals surface area contributed by atoms with Gasteiger partial charge in [0.25, 0.3) is 0 Å². The predicted molar refractivity (Wildman–Crippen MR) is 83.1 cm³/mol. The van der Waals surface area contributed by atoms with Gasteiger partial charge in [0, 0.05) is 6.04 Å². The van der Waals surface area contributed by atoms with Gasteiger partial charge in [-0.1, -0.05) is 32.9 Å². The van der Waals surface area contributed by atoms with Crippen LogP contribution in [0.5, 0.6) is 5.75 Å². The number of hydrogen-bond acceptors (Lipinski definition) is 2. The van der Waals surface area contributed by atoms with Gasteiger partial charge in [0.15, 0.2) is 0 Å². The van der Waals surface area contributed by atoms with E-state index in [9.17, 15) is 0 Å². The maximum absolute atomic E-state index is 6.01. The second kappa shape index (κ2) is 6.95. The van der Waals surface area contributed by atoms with Crippen molar-refractivity contribution in [3.05, 3.63) is 29.3 Å². The lowest BCUT2D eigenvalue weighted by atomic mass is 9.86. The van der Waals surface area contributed by atoms with Crippen molar-refractivity contribution in [2.24, 2.45) is 0 Å². The molecule has 1 aromatic rings. The van der Waals surface area contributed by atoms with Crippen molar-refractivity contribution in [3.63, 3.8) is 0 Å². The smallest absolute Gasteiger partial charge is 0.123 e. The molecule has 0 aliphatic heterocycles. The van der Waals surface area contributed by atoms with Gasteiger partial charge in [-0.25, -0.2) is 0 Å². The van der Waals surface area contributed by atoms with E-state index in [1.807, 2.05) is 7.05 Å². The highest BCUT2D eigenvalue weighted by atomic mass is 16.5. The monoisotopic (exact) mass is 263 g/mol. The Balaban J connectivity index is 2.64. The van der Waals surface area contributed by atoms with Crippen molar-refractivity contribution >= 4 is 0 Å². The summed E-state index contributed by atoms with van der Waals surface area (Å²) in [6, 6.07) is 7.07. The van der Waals surface area contributed by atoms with Gasteiger partial charge < -0.3 is 10.1 Å². The third kappa shape index (κ3) is 5.23. The van der Waals surface area contributed by atoms with Crippen LogP contribution in [0.4, 0.5) is 0 Å². The molecule has 0 bridgehead atoms. The molecule has 1 unspecified atom stereocenters. The first-order valence-corrected chi connectivity index (χ1v) is 7.26. The first-order valence-electron chi connectivity index (χ1n) is 7.26. The van der Waals surface area contributed by atoms with Gasteiger partial charge in [0.05, 0.1) is 6.61 Å². The molecule has 1 aromatic carbocycles. The second-order valence-electron chi connectivity index (χ2n) is 6.43. The molecule has 1 atom stereocenters. The molecular weight excluding hydrogens is 234 g/mol. The molecule has 0 radical (unpaired) electrons. The molecule has 1 rings (SSSR count). The highest BCUT2D eigenvalue weighted by molar-refractivity contribution is 5.41. The molecular formula is C17H29NO. The molecule has 2 heteroatoms. The summed E-state index contributed by atoms with van der Waals surface area (Å²) in [6.45, 7) is 11.8. The number of benzene rings is 1. The topological polar surface area (TPSA) is 21.3 Å². The van der Waals surface area contributed by atoms with Gasteiger partial charge in [-0.3, -0.25) is 0 Å². The SMILES string of the molecule is CNC(C)CCCOc1cc(C)ccc1C(C)(C)C. The van der Waals surface area contributed by atoms with E-state index < -0.39 is 0 Å². The Kier molecular flexibility index (Phi) is 5.86. The molecule has 0 aliphatic rings. The van der Waals surface area contributed by atoms with E-state index in [0.717, 1.165) is 25.2 Å². The molecule has 0 amide bonds. The van der Waals surface area contributed by atoms with Gasteiger partial charge in [-0.2, -0.15) is 0 Å². The number of rotatable bonds is 6. The van der Waals surface area contributed by atoms with Crippen molar-refractivity contribution in [3.8, 4) is 5.75 Å². The predicted octanol–water partition coefficient (Wildman–Crippen LogP) is 4.06. The minimum Gasteiger partial charge on any atom is -0.493 e. The normalized spacial score (nSPS) is 13.4. The lowest BCUT2D eigenvalue weighted by Crippen LogP contribution is -2.21. The van der Waals surface area contributed by atoms with Gasteiger partial charge in [0.1, 0.15) is 5.75 Å². The van der Waals surface area contributed by atoms with Crippen molar-refractivity contribution in [2.75, 3.05) is 13.7 Å². The first kappa shape index (κ1) is 16.0. The number of hydrogen-bond donors (Lipinski definition) is 1. The van der Waals surface area contributed by atoms with Gasteiger partial charge in [-0.15, -0.1) is 0 Å². The van der Waals surface area contributed by atoms with E-state index >= 15 is 0 Å². The molecule has 108 valence electrons. The van der Waals surface area contributed by atoms with Crippen LogP contribution in [0.3, 0.4) is 0 Å². The van der Waals surface area contributed by atoms with E-state index in [2.05, 4.69) is 58.1 Å². The highest BCUT2D eigenvalue weighted by Gasteiger charge is 2.18. The quantitative estimate of drug-likeness (QED) is 0.782. The summed E-state index contributed by atoms with van der Waals surface area (Å²) in [5, 5.41) is 3.25. The van der Waals surface area contributed by atoms with Gasteiger partial charge in [-0.05, 0) is 56.3 Å². The molecule has 0 spiro atoms. The average Bonchev–Trinajstić information content (AvgIpc) is 2.32. The van der Waals surface area contributed by atoms with Crippen LogP contribution in [-0.2, 0) is 5.41 Å². The van der Waals surface area contributed by atoms with Gasteiger partial charge >= 0.3 is 0 Å². The third-order valence-corrected chi connectivity index (χ3v) is 3.48. The molecule has 0 fully saturated rings. The Morgan fingerprint density at radius 3 is 2.53 bits per heavy atom. The fraction of sp³-hybridized carbons (Fsp3) is 0.647. The van der Waals surface area contributed by atoms with Crippen molar-refractivity contribution in [1.29, 1.82) is 0 Å². The van der Waals surface area contributed by atoms with E-state index in [4.69, 9.17) is 4.74 Å². The molecule has 2 nitrogen and oxygen atoms in total. The Labute approximate surface area is 118 Å². The zero-order valence-corrected chi connectivity index (χ0v) is 13.3. The van der Waals surface area contributed by atoms with Crippen molar-refractivity contribution < 1.29 is 4.74 Å². The van der Waals surface area contributed by atoms with E-state index in [1.54, 1.807) is 0 Å². The summed E-state index contributed by atoms with van der Waals surface area (Å²) in [5.74, 6) is 1.05. The Bertz CT molecular complexity index is 393. The van der Waals surface area contributed by atoms with Crippen LogP contribution in [0.2, 0.25) is 0 Å². The van der Waals surface area contributed by atoms with Crippen LogP contribution < -0.4 is 10.1 Å². The summed E-state index contributed by atoms with van der Waals surface area (Å²) < 4.78 is 6.01. The van der Waals surface area contributed by atoms with Crippen LogP contribution in [0.25, 0.3) is 0 Å². The molecule has 1 N–H and O–H groups in total. The molecule has 0 aromatic heterocycles. The summed E-state index contributed by atoms with van der Waals surface area (Å²) in [6.07, 6.45) is 2.23. The molecule has 0 heterocycles. The summed E-state index contributed by atoms with van der Waals surface area (Å²) in [4.78, 5) is 0. The number of ether oxygens (including phenoxy) is 1. The maximum Gasteiger partial charge on any atom is 0.123 e. The molecule has 0 saturated heterocycles. The first-order chi connectivity index (χ1) is 8.84. The minimum atomic E-state index is 0.126. The molecule has 0 aliphatic carbocycles. The lowest BCUT2D eigenvalue weighted by molar-refractivity contribution is 0.292. The lowest BCUT2D eigenvalue weighted by Gasteiger charge is -2.23. The molecule has 0 saturated carbocycles. The number of aryl methyl sites for hydroxylation is 1. The molecule has 19 heavy (non-hydrogen) atoms. The minimum absolute atomic E-state index is 0.126. The average molecular weight is 263 g/mol. The highest BCUT2D eigenvalue weighted by Crippen LogP contribution is 2.32. The zero-order valence-electron chi connectivity index (χ0n) is 13.3. The zero-order chi connectivity index (χ0) is 14.5.